The number of aromatic nitrogens is 3. The molecule has 2 atom stereocenters. The number of halogens is 1. The summed E-state index contributed by atoms with van der Waals surface area (Å²) in [6, 6.07) is 0.00550. The average Bonchev–Trinajstić information content (AvgIpc) is 3.21. The van der Waals surface area contributed by atoms with E-state index in [9.17, 15) is 9.59 Å². The molecular weight excluding hydrogens is 344 g/mol. The number of hydrogen-bond acceptors (Lipinski definition) is 5. The van der Waals surface area contributed by atoms with Crippen molar-refractivity contribution in [2.24, 2.45) is 13.0 Å². The predicted octanol–water partition coefficient (Wildman–Crippen LogP) is 0.907. The van der Waals surface area contributed by atoms with Crippen LogP contribution in [0.5, 0.6) is 0 Å². The summed E-state index contributed by atoms with van der Waals surface area (Å²) >= 11 is 5.96. The number of aryl methyl sites for hydroxylation is 1. The number of hydrogen-bond donors (Lipinski definition) is 3. The van der Waals surface area contributed by atoms with E-state index in [-0.39, 0.29) is 29.5 Å². The van der Waals surface area contributed by atoms with E-state index in [4.69, 9.17) is 17.3 Å². The van der Waals surface area contributed by atoms with Crippen LogP contribution in [0.3, 0.4) is 0 Å². The van der Waals surface area contributed by atoms with Gasteiger partial charge in [0.15, 0.2) is 5.69 Å². The summed E-state index contributed by atoms with van der Waals surface area (Å²) in [7, 11) is 1.70. The lowest BCUT2D eigenvalue weighted by Crippen LogP contribution is -2.32. The van der Waals surface area contributed by atoms with E-state index >= 15 is 0 Å². The fourth-order valence-corrected chi connectivity index (χ4v) is 2.85. The van der Waals surface area contributed by atoms with Crippen LogP contribution in [0.2, 0.25) is 5.02 Å². The standard InChI is InChI=1S/C16H19ClN6O2/c1-8-10(5-19-6-12(8)18)15(24)20-4-9-3-13(9)21-16(25)14-11(17)7-23(2)22-14/h5-7,9,13H,3-4,18H2,1-2H3,(H,20,24)(H,21,25). The zero-order chi connectivity index (χ0) is 18.1. The molecule has 132 valence electrons. The number of nitrogens with zero attached hydrogens (tertiary/aromatic N) is 3. The molecule has 0 aliphatic heterocycles. The van der Waals surface area contributed by atoms with Crippen LogP contribution in [0, 0.1) is 12.8 Å². The normalized spacial score (nSPS) is 18.7. The number of nitrogens with one attached hydrogen (secondary N) is 2. The Labute approximate surface area is 149 Å². The van der Waals surface area contributed by atoms with E-state index in [1.807, 2.05) is 0 Å². The van der Waals surface area contributed by atoms with Crippen LogP contribution in [0.25, 0.3) is 0 Å². The van der Waals surface area contributed by atoms with Crippen LogP contribution in [0.1, 0.15) is 32.8 Å². The van der Waals surface area contributed by atoms with Gasteiger partial charge in [0.2, 0.25) is 0 Å². The van der Waals surface area contributed by atoms with Crippen molar-refractivity contribution in [3.8, 4) is 0 Å². The zero-order valence-electron chi connectivity index (χ0n) is 13.9. The summed E-state index contributed by atoms with van der Waals surface area (Å²) in [6.07, 6.45) is 5.38. The maximum atomic E-state index is 12.2. The lowest BCUT2D eigenvalue weighted by Gasteiger charge is -2.09. The topological polar surface area (TPSA) is 115 Å². The third-order valence-electron chi connectivity index (χ3n) is 4.26. The van der Waals surface area contributed by atoms with Crippen LogP contribution in [-0.2, 0) is 7.05 Å². The summed E-state index contributed by atoms with van der Waals surface area (Å²) in [5.74, 6) is -0.341. The second-order valence-corrected chi connectivity index (χ2v) is 6.59. The van der Waals surface area contributed by atoms with Crippen LogP contribution in [0.4, 0.5) is 5.69 Å². The second-order valence-electron chi connectivity index (χ2n) is 6.19. The first kappa shape index (κ1) is 17.2. The minimum absolute atomic E-state index is 0.00550. The fraction of sp³-hybridized carbons (Fsp3) is 0.375. The van der Waals surface area contributed by atoms with Crippen molar-refractivity contribution in [1.82, 2.24) is 25.4 Å². The number of pyridine rings is 1. The molecule has 8 nitrogen and oxygen atoms in total. The first-order chi connectivity index (χ1) is 11.9. The van der Waals surface area contributed by atoms with Gasteiger partial charge in [0, 0.05) is 32.0 Å². The quantitative estimate of drug-likeness (QED) is 0.731. The van der Waals surface area contributed by atoms with E-state index in [0.717, 1.165) is 6.42 Å². The molecular formula is C16H19ClN6O2. The molecule has 1 saturated carbocycles. The van der Waals surface area contributed by atoms with Gasteiger partial charge in [-0.15, -0.1) is 0 Å². The molecule has 3 rings (SSSR count). The minimum Gasteiger partial charge on any atom is -0.397 e. The van der Waals surface area contributed by atoms with Crippen molar-refractivity contribution in [3.63, 3.8) is 0 Å². The molecule has 2 aromatic heterocycles. The smallest absolute Gasteiger partial charge is 0.273 e. The van der Waals surface area contributed by atoms with Gasteiger partial charge in [0.1, 0.15) is 0 Å². The van der Waals surface area contributed by atoms with Crippen molar-refractivity contribution in [3.05, 3.63) is 40.4 Å². The molecule has 2 amide bonds. The molecule has 1 aliphatic rings. The zero-order valence-corrected chi connectivity index (χ0v) is 14.7. The third kappa shape index (κ3) is 3.74. The maximum Gasteiger partial charge on any atom is 0.273 e. The van der Waals surface area contributed by atoms with Gasteiger partial charge in [0.25, 0.3) is 11.8 Å². The van der Waals surface area contributed by atoms with Crippen LogP contribution >= 0.6 is 11.6 Å². The molecule has 0 aromatic carbocycles. The molecule has 0 bridgehead atoms. The third-order valence-corrected chi connectivity index (χ3v) is 4.54. The lowest BCUT2D eigenvalue weighted by atomic mass is 10.1. The van der Waals surface area contributed by atoms with Gasteiger partial charge in [-0.2, -0.15) is 5.10 Å². The van der Waals surface area contributed by atoms with Crippen molar-refractivity contribution in [1.29, 1.82) is 0 Å². The van der Waals surface area contributed by atoms with Gasteiger partial charge >= 0.3 is 0 Å². The van der Waals surface area contributed by atoms with Gasteiger partial charge in [-0.05, 0) is 24.8 Å². The number of carbonyl (C=O) groups excluding carboxylic acids is 2. The van der Waals surface area contributed by atoms with Crippen molar-refractivity contribution >= 4 is 29.1 Å². The van der Waals surface area contributed by atoms with Crippen molar-refractivity contribution in [2.75, 3.05) is 12.3 Å². The highest BCUT2D eigenvalue weighted by molar-refractivity contribution is 6.33. The second kappa shape index (κ2) is 6.72. The summed E-state index contributed by atoms with van der Waals surface area (Å²) in [4.78, 5) is 28.3. The van der Waals surface area contributed by atoms with Crippen LogP contribution < -0.4 is 16.4 Å². The molecule has 1 fully saturated rings. The van der Waals surface area contributed by atoms with Crippen molar-refractivity contribution < 1.29 is 9.59 Å². The molecule has 2 heterocycles. The number of nitrogen functional groups attached to an aromatic ring is 1. The lowest BCUT2D eigenvalue weighted by molar-refractivity contribution is 0.0943. The molecule has 0 spiro atoms. The number of anilines is 1. The maximum absolute atomic E-state index is 12.2. The highest BCUT2D eigenvalue weighted by Gasteiger charge is 2.39. The Hall–Kier alpha value is -2.61. The largest absolute Gasteiger partial charge is 0.397 e. The Morgan fingerprint density at radius 2 is 2.16 bits per heavy atom. The van der Waals surface area contributed by atoms with E-state index in [2.05, 4.69) is 20.7 Å². The minimum atomic E-state index is -0.305. The molecule has 0 radical (unpaired) electrons. The molecule has 25 heavy (non-hydrogen) atoms. The van der Waals surface area contributed by atoms with E-state index < -0.39 is 0 Å². The Morgan fingerprint density at radius 3 is 2.84 bits per heavy atom. The predicted molar refractivity (Wildman–Crippen MR) is 93.3 cm³/mol. The van der Waals surface area contributed by atoms with Gasteiger partial charge < -0.3 is 16.4 Å². The summed E-state index contributed by atoms with van der Waals surface area (Å²) < 4.78 is 1.49. The van der Waals surface area contributed by atoms with Crippen molar-refractivity contribution in [2.45, 2.75) is 19.4 Å². The molecule has 9 heteroatoms. The van der Waals surface area contributed by atoms with Gasteiger partial charge in [-0.3, -0.25) is 19.3 Å². The molecule has 1 aliphatic carbocycles. The van der Waals surface area contributed by atoms with Gasteiger partial charge in [-0.1, -0.05) is 11.6 Å². The summed E-state index contributed by atoms with van der Waals surface area (Å²) in [5, 5.41) is 10.1. The van der Waals surface area contributed by atoms with E-state index in [1.54, 1.807) is 20.2 Å². The summed E-state index contributed by atoms with van der Waals surface area (Å²) in [5.41, 5.74) is 7.62. The highest BCUT2D eigenvalue weighted by atomic mass is 35.5. The van der Waals surface area contributed by atoms with E-state index in [0.29, 0.717) is 28.4 Å². The van der Waals surface area contributed by atoms with Crippen LogP contribution in [0.15, 0.2) is 18.6 Å². The average molecular weight is 363 g/mol. The number of amides is 2. The Morgan fingerprint density at radius 1 is 1.40 bits per heavy atom. The Kier molecular flexibility index (Phi) is 4.63. The first-order valence-corrected chi connectivity index (χ1v) is 8.23. The van der Waals surface area contributed by atoms with Crippen LogP contribution in [-0.4, -0.2) is 39.2 Å². The summed E-state index contributed by atoms with van der Waals surface area (Å²) in [6.45, 7) is 2.25. The van der Waals surface area contributed by atoms with Gasteiger partial charge in [-0.25, -0.2) is 0 Å². The fourth-order valence-electron chi connectivity index (χ4n) is 2.59. The Bertz CT molecular complexity index is 834. The molecule has 0 saturated heterocycles. The van der Waals surface area contributed by atoms with Gasteiger partial charge in [0.05, 0.1) is 22.5 Å². The monoisotopic (exact) mass is 362 g/mol. The molecule has 4 N–H and O–H groups in total. The SMILES string of the molecule is Cc1c(N)cncc1C(=O)NCC1CC1NC(=O)c1nn(C)cc1Cl. The number of nitrogens with two attached hydrogens (primary N) is 1. The number of carbonyl (C=O) groups is 2. The Balaban J connectivity index is 1.50. The van der Waals surface area contributed by atoms with E-state index in [1.165, 1.54) is 17.1 Å². The first-order valence-electron chi connectivity index (χ1n) is 7.85. The highest BCUT2D eigenvalue weighted by Crippen LogP contribution is 2.30. The molecule has 2 unspecified atom stereocenters. The molecule has 2 aromatic rings. The number of rotatable bonds is 5.